The third-order valence-electron chi connectivity index (χ3n) is 3.78. The highest BCUT2D eigenvalue weighted by atomic mass is 16.5. The maximum absolute atomic E-state index is 5.84. The highest BCUT2D eigenvalue weighted by Crippen LogP contribution is 2.34. The number of hydrogen-bond acceptors (Lipinski definition) is 2. The Morgan fingerprint density at radius 3 is 2.94 bits per heavy atom. The first-order valence-electron chi connectivity index (χ1n) is 6.34. The van der Waals surface area contributed by atoms with Crippen LogP contribution in [-0.2, 0) is 19.3 Å². The van der Waals surface area contributed by atoms with Crippen LogP contribution in [0.1, 0.15) is 28.7 Å². The lowest BCUT2D eigenvalue weighted by Crippen LogP contribution is -2.16. The summed E-state index contributed by atoms with van der Waals surface area (Å²) in [6.07, 6.45) is 4.68. The number of rotatable bonds is 0. The summed E-state index contributed by atoms with van der Waals surface area (Å²) in [6, 6.07) is 2.39. The molecule has 1 aromatic rings. The van der Waals surface area contributed by atoms with E-state index in [1.54, 1.807) is 5.56 Å². The van der Waals surface area contributed by atoms with Gasteiger partial charge in [0, 0.05) is 0 Å². The van der Waals surface area contributed by atoms with Crippen LogP contribution in [0.3, 0.4) is 0 Å². The first kappa shape index (κ1) is 10.2. The summed E-state index contributed by atoms with van der Waals surface area (Å²) >= 11 is 0. The van der Waals surface area contributed by atoms with Crippen molar-refractivity contribution in [2.45, 2.75) is 32.6 Å². The lowest BCUT2D eigenvalue weighted by molar-refractivity contribution is 0.286. The second-order valence-corrected chi connectivity index (χ2v) is 4.83. The number of benzene rings is 1. The van der Waals surface area contributed by atoms with Gasteiger partial charge in [-0.05, 0) is 68.0 Å². The largest absolute Gasteiger partial charge is 0.493 e. The molecule has 16 heavy (non-hydrogen) atoms. The van der Waals surface area contributed by atoms with Gasteiger partial charge < -0.3 is 10.1 Å². The molecule has 0 unspecified atom stereocenters. The van der Waals surface area contributed by atoms with Crippen LogP contribution in [0.5, 0.6) is 5.75 Å². The molecule has 0 saturated heterocycles. The molecule has 2 aliphatic heterocycles. The molecule has 0 bridgehead atoms. The van der Waals surface area contributed by atoms with E-state index in [1.807, 2.05) is 0 Å². The summed E-state index contributed by atoms with van der Waals surface area (Å²) in [5.74, 6) is 1.19. The first-order chi connectivity index (χ1) is 7.86. The van der Waals surface area contributed by atoms with Gasteiger partial charge in [-0.2, -0.15) is 0 Å². The first-order valence-corrected chi connectivity index (χ1v) is 6.34. The summed E-state index contributed by atoms with van der Waals surface area (Å²) in [5.41, 5.74) is 5.91. The third kappa shape index (κ3) is 1.61. The topological polar surface area (TPSA) is 21.3 Å². The van der Waals surface area contributed by atoms with Crippen molar-refractivity contribution < 1.29 is 4.74 Å². The summed E-state index contributed by atoms with van der Waals surface area (Å²) in [4.78, 5) is 0. The Labute approximate surface area is 97.0 Å². The van der Waals surface area contributed by atoms with Crippen LogP contribution in [0, 0.1) is 6.92 Å². The average Bonchev–Trinajstić information content (AvgIpc) is 2.55. The third-order valence-corrected chi connectivity index (χ3v) is 3.78. The van der Waals surface area contributed by atoms with Gasteiger partial charge in [0.2, 0.25) is 0 Å². The number of fused-ring (bicyclic) bond motifs is 2. The Kier molecular flexibility index (Phi) is 2.60. The lowest BCUT2D eigenvalue weighted by Gasteiger charge is -2.23. The number of nitrogens with one attached hydrogen (secondary N) is 1. The Morgan fingerprint density at radius 1 is 1.12 bits per heavy atom. The van der Waals surface area contributed by atoms with Crippen molar-refractivity contribution in [1.82, 2.24) is 5.32 Å². The van der Waals surface area contributed by atoms with Gasteiger partial charge in [0.05, 0.1) is 6.61 Å². The molecule has 1 N–H and O–H groups in total. The van der Waals surface area contributed by atoms with E-state index >= 15 is 0 Å². The van der Waals surface area contributed by atoms with E-state index in [0.29, 0.717) is 0 Å². The van der Waals surface area contributed by atoms with Gasteiger partial charge in [-0.25, -0.2) is 0 Å². The average molecular weight is 217 g/mol. The minimum absolute atomic E-state index is 0.894. The van der Waals surface area contributed by atoms with E-state index in [4.69, 9.17) is 4.74 Å². The summed E-state index contributed by atoms with van der Waals surface area (Å²) < 4.78 is 5.84. The van der Waals surface area contributed by atoms with Crippen LogP contribution in [0.4, 0.5) is 0 Å². The second-order valence-electron chi connectivity index (χ2n) is 4.83. The fraction of sp³-hybridized carbons (Fsp3) is 0.571. The molecule has 0 aromatic heterocycles. The highest BCUT2D eigenvalue weighted by Gasteiger charge is 2.19. The second kappa shape index (κ2) is 4.10. The monoisotopic (exact) mass is 217 g/mol. The van der Waals surface area contributed by atoms with Gasteiger partial charge >= 0.3 is 0 Å². The highest BCUT2D eigenvalue weighted by molar-refractivity contribution is 5.51. The Morgan fingerprint density at radius 2 is 2.00 bits per heavy atom. The fourth-order valence-electron chi connectivity index (χ4n) is 2.94. The Balaban J connectivity index is 2.12. The van der Waals surface area contributed by atoms with Crippen molar-refractivity contribution in [3.05, 3.63) is 28.3 Å². The summed E-state index contributed by atoms with van der Waals surface area (Å²) in [5, 5.41) is 3.47. The van der Waals surface area contributed by atoms with Crippen molar-refractivity contribution in [3.63, 3.8) is 0 Å². The normalized spacial score (nSPS) is 19.3. The van der Waals surface area contributed by atoms with Gasteiger partial charge in [-0.1, -0.05) is 6.07 Å². The number of aryl methyl sites for hydroxylation is 1. The molecule has 0 amide bonds. The number of ether oxygens (including phenoxy) is 1. The summed E-state index contributed by atoms with van der Waals surface area (Å²) in [6.45, 7) is 5.35. The van der Waals surface area contributed by atoms with Crippen LogP contribution >= 0.6 is 0 Å². The van der Waals surface area contributed by atoms with Crippen molar-refractivity contribution in [1.29, 1.82) is 0 Å². The van der Waals surface area contributed by atoms with Gasteiger partial charge in [-0.15, -0.1) is 0 Å². The lowest BCUT2D eigenvalue weighted by atomic mass is 9.91. The molecular formula is C14H19NO. The molecule has 2 heteroatoms. The van der Waals surface area contributed by atoms with E-state index in [0.717, 1.165) is 26.1 Å². The van der Waals surface area contributed by atoms with Crippen LogP contribution in [0.15, 0.2) is 6.07 Å². The molecule has 0 saturated carbocycles. The predicted molar refractivity (Wildman–Crippen MR) is 65.3 cm³/mol. The maximum Gasteiger partial charge on any atom is 0.125 e. The van der Waals surface area contributed by atoms with Crippen LogP contribution in [-0.4, -0.2) is 19.7 Å². The summed E-state index contributed by atoms with van der Waals surface area (Å²) in [7, 11) is 0. The fourth-order valence-corrected chi connectivity index (χ4v) is 2.94. The molecule has 0 radical (unpaired) electrons. The van der Waals surface area contributed by atoms with E-state index in [1.165, 1.54) is 41.7 Å². The smallest absolute Gasteiger partial charge is 0.125 e. The quantitative estimate of drug-likeness (QED) is 0.717. The maximum atomic E-state index is 5.84. The molecular weight excluding hydrogens is 198 g/mol. The molecule has 1 aromatic carbocycles. The molecule has 0 spiro atoms. The van der Waals surface area contributed by atoms with Crippen molar-refractivity contribution in [2.24, 2.45) is 0 Å². The van der Waals surface area contributed by atoms with Crippen molar-refractivity contribution in [2.75, 3.05) is 19.7 Å². The van der Waals surface area contributed by atoms with Gasteiger partial charge in [0.25, 0.3) is 0 Å². The number of hydrogen-bond donors (Lipinski definition) is 1. The molecule has 2 aliphatic rings. The molecule has 86 valence electrons. The molecule has 0 aliphatic carbocycles. The SMILES string of the molecule is Cc1c2c(cc3c1OCCC3)CCNCC2. The minimum atomic E-state index is 0.894. The van der Waals surface area contributed by atoms with Crippen molar-refractivity contribution >= 4 is 0 Å². The van der Waals surface area contributed by atoms with Crippen molar-refractivity contribution in [3.8, 4) is 5.75 Å². The van der Waals surface area contributed by atoms with Gasteiger partial charge in [0.15, 0.2) is 0 Å². The van der Waals surface area contributed by atoms with Crippen LogP contribution in [0.25, 0.3) is 0 Å². The molecule has 2 nitrogen and oxygen atoms in total. The standard InChI is InChI=1S/C14H19NO/c1-10-13-5-7-15-6-4-11(13)9-12-3-2-8-16-14(10)12/h9,15H,2-8H2,1H3. The molecule has 0 fully saturated rings. The molecule has 0 atom stereocenters. The molecule has 2 heterocycles. The van der Waals surface area contributed by atoms with E-state index < -0.39 is 0 Å². The minimum Gasteiger partial charge on any atom is -0.493 e. The van der Waals surface area contributed by atoms with Gasteiger partial charge in [-0.3, -0.25) is 0 Å². The van der Waals surface area contributed by atoms with E-state index in [-0.39, 0.29) is 0 Å². The van der Waals surface area contributed by atoms with Gasteiger partial charge in [0.1, 0.15) is 5.75 Å². The van der Waals surface area contributed by atoms with Crippen LogP contribution in [0.2, 0.25) is 0 Å². The Hall–Kier alpha value is -1.02. The van der Waals surface area contributed by atoms with E-state index in [9.17, 15) is 0 Å². The zero-order chi connectivity index (χ0) is 11.0. The predicted octanol–water partition coefficient (Wildman–Crippen LogP) is 2.01. The van der Waals surface area contributed by atoms with Crippen LogP contribution < -0.4 is 10.1 Å². The molecule has 3 rings (SSSR count). The zero-order valence-corrected chi connectivity index (χ0v) is 9.94. The van der Waals surface area contributed by atoms with E-state index in [2.05, 4.69) is 18.3 Å². The zero-order valence-electron chi connectivity index (χ0n) is 9.94. The Bertz CT molecular complexity index is 412.